The van der Waals surface area contributed by atoms with Crippen molar-refractivity contribution in [2.75, 3.05) is 12.3 Å². The van der Waals surface area contributed by atoms with E-state index in [0.29, 0.717) is 18.5 Å². The number of nitrogen functional groups attached to an aromatic ring is 1. The molecular formula is C15H21N3O2. The second-order valence-corrected chi connectivity index (χ2v) is 5.35. The number of benzene rings is 1. The van der Waals surface area contributed by atoms with E-state index in [4.69, 9.17) is 10.5 Å². The molecule has 0 fully saturated rings. The molecule has 1 atom stereocenters. The van der Waals surface area contributed by atoms with Crippen LogP contribution < -0.4 is 5.73 Å². The summed E-state index contributed by atoms with van der Waals surface area (Å²) in [6, 6.07) is 7.09. The van der Waals surface area contributed by atoms with Crippen LogP contribution >= 0.6 is 0 Å². The van der Waals surface area contributed by atoms with Gasteiger partial charge in [-0.25, -0.2) is 9.78 Å². The molecule has 0 aliphatic heterocycles. The summed E-state index contributed by atoms with van der Waals surface area (Å²) in [5.74, 6) is 0.567. The molecule has 0 aliphatic carbocycles. The van der Waals surface area contributed by atoms with Gasteiger partial charge in [0.1, 0.15) is 6.04 Å². The van der Waals surface area contributed by atoms with E-state index < -0.39 is 6.04 Å². The summed E-state index contributed by atoms with van der Waals surface area (Å²) in [5, 5.41) is 0. The van der Waals surface area contributed by atoms with Crippen LogP contribution in [0, 0.1) is 5.92 Å². The van der Waals surface area contributed by atoms with E-state index in [9.17, 15) is 4.79 Å². The fourth-order valence-electron chi connectivity index (χ4n) is 2.09. The lowest BCUT2D eigenvalue weighted by atomic mass is 10.1. The molecule has 20 heavy (non-hydrogen) atoms. The number of para-hydroxylation sites is 2. The van der Waals surface area contributed by atoms with E-state index >= 15 is 0 Å². The molecular weight excluding hydrogens is 254 g/mol. The number of esters is 1. The van der Waals surface area contributed by atoms with Gasteiger partial charge in [0.05, 0.1) is 17.6 Å². The van der Waals surface area contributed by atoms with Gasteiger partial charge in [-0.05, 0) is 31.4 Å². The van der Waals surface area contributed by atoms with Gasteiger partial charge in [-0.15, -0.1) is 0 Å². The van der Waals surface area contributed by atoms with Crippen molar-refractivity contribution < 1.29 is 9.53 Å². The van der Waals surface area contributed by atoms with E-state index in [1.54, 1.807) is 11.5 Å². The number of ether oxygens (including phenoxy) is 1. The Bertz CT molecular complexity index is 604. The van der Waals surface area contributed by atoms with Crippen molar-refractivity contribution in [3.63, 3.8) is 0 Å². The Hall–Kier alpha value is -2.04. The van der Waals surface area contributed by atoms with Crippen molar-refractivity contribution >= 4 is 23.0 Å². The Labute approximate surface area is 118 Å². The highest BCUT2D eigenvalue weighted by atomic mass is 16.5. The first-order chi connectivity index (χ1) is 9.50. The number of hydrogen-bond acceptors (Lipinski definition) is 4. The molecule has 0 bridgehead atoms. The molecule has 0 radical (unpaired) electrons. The molecule has 2 rings (SSSR count). The summed E-state index contributed by atoms with van der Waals surface area (Å²) < 4.78 is 7.01. The maximum Gasteiger partial charge on any atom is 0.328 e. The zero-order chi connectivity index (χ0) is 14.7. The molecule has 1 unspecified atom stereocenters. The smallest absolute Gasteiger partial charge is 0.328 e. The molecule has 0 spiro atoms. The third kappa shape index (κ3) is 2.92. The lowest BCUT2D eigenvalue weighted by molar-refractivity contribution is -0.147. The molecule has 1 aromatic heterocycles. The summed E-state index contributed by atoms with van der Waals surface area (Å²) >= 11 is 0. The minimum Gasteiger partial charge on any atom is -0.464 e. The summed E-state index contributed by atoms with van der Waals surface area (Å²) in [7, 11) is 0. The number of nitrogens with zero attached hydrogens (tertiary/aromatic N) is 2. The first-order valence-corrected chi connectivity index (χ1v) is 6.89. The predicted molar refractivity (Wildman–Crippen MR) is 79.3 cm³/mol. The molecule has 0 aliphatic rings. The van der Waals surface area contributed by atoms with Crippen LogP contribution in [-0.4, -0.2) is 22.1 Å². The molecule has 5 heteroatoms. The number of carbonyl (C=O) groups excluding carboxylic acids is 1. The van der Waals surface area contributed by atoms with Gasteiger partial charge in [0.15, 0.2) is 0 Å². The number of fused-ring (bicyclic) bond motifs is 1. The number of imidazole rings is 1. The molecule has 0 saturated heterocycles. The monoisotopic (exact) mass is 275 g/mol. The number of anilines is 1. The Morgan fingerprint density at radius 2 is 2.05 bits per heavy atom. The Morgan fingerprint density at radius 3 is 2.75 bits per heavy atom. The minimum atomic E-state index is -0.477. The van der Waals surface area contributed by atoms with Gasteiger partial charge in [-0.2, -0.15) is 0 Å². The Morgan fingerprint density at radius 1 is 1.35 bits per heavy atom. The summed E-state index contributed by atoms with van der Waals surface area (Å²) in [6.07, 6.45) is 0.860. The second kappa shape index (κ2) is 5.94. The highest BCUT2D eigenvalue weighted by molar-refractivity contribution is 5.82. The molecule has 2 aromatic rings. The average Bonchev–Trinajstić information content (AvgIpc) is 2.73. The topological polar surface area (TPSA) is 70.1 Å². The van der Waals surface area contributed by atoms with Gasteiger partial charge in [-0.1, -0.05) is 26.0 Å². The van der Waals surface area contributed by atoms with E-state index in [2.05, 4.69) is 18.8 Å². The second-order valence-electron chi connectivity index (χ2n) is 5.35. The molecule has 2 N–H and O–H groups in total. The van der Waals surface area contributed by atoms with E-state index in [1.165, 1.54) is 0 Å². The first kappa shape index (κ1) is 14.4. The number of carbonyl (C=O) groups is 1. The van der Waals surface area contributed by atoms with Gasteiger partial charge < -0.3 is 10.5 Å². The Kier molecular flexibility index (Phi) is 4.27. The van der Waals surface area contributed by atoms with Crippen molar-refractivity contribution in [1.82, 2.24) is 9.55 Å². The predicted octanol–water partition coefficient (Wildman–Crippen LogP) is 2.77. The molecule has 0 amide bonds. The fourth-order valence-corrected chi connectivity index (χ4v) is 2.09. The Balaban J connectivity index is 2.16. The summed E-state index contributed by atoms with van der Waals surface area (Å²) in [4.78, 5) is 16.4. The van der Waals surface area contributed by atoms with Gasteiger partial charge in [-0.3, -0.25) is 4.57 Å². The molecule has 1 aromatic carbocycles. The molecule has 5 nitrogen and oxygen atoms in total. The van der Waals surface area contributed by atoms with E-state index in [1.807, 2.05) is 24.3 Å². The molecule has 108 valence electrons. The van der Waals surface area contributed by atoms with Crippen LogP contribution in [-0.2, 0) is 9.53 Å². The van der Waals surface area contributed by atoms with E-state index in [0.717, 1.165) is 17.5 Å². The number of nitrogens with two attached hydrogens (primary N) is 1. The zero-order valence-electron chi connectivity index (χ0n) is 12.2. The highest BCUT2D eigenvalue weighted by Gasteiger charge is 2.21. The number of aromatic nitrogens is 2. The fraction of sp³-hybridized carbons (Fsp3) is 0.467. The lowest BCUT2D eigenvalue weighted by Gasteiger charge is -2.15. The van der Waals surface area contributed by atoms with Crippen LogP contribution in [0.4, 0.5) is 5.95 Å². The molecule has 0 saturated carbocycles. The van der Waals surface area contributed by atoms with Crippen molar-refractivity contribution in [1.29, 1.82) is 0 Å². The van der Waals surface area contributed by atoms with Crippen molar-refractivity contribution in [3.8, 4) is 0 Å². The molecule has 1 heterocycles. The highest BCUT2D eigenvalue weighted by Crippen LogP contribution is 2.23. The van der Waals surface area contributed by atoms with Gasteiger partial charge >= 0.3 is 5.97 Å². The third-order valence-electron chi connectivity index (χ3n) is 3.29. The quantitative estimate of drug-likeness (QED) is 0.852. The SMILES string of the molecule is CC(C)CCOC(=O)C(C)n1c(N)nc2ccccc21. The third-order valence-corrected chi connectivity index (χ3v) is 3.29. The van der Waals surface area contributed by atoms with Crippen LogP contribution in [0.25, 0.3) is 11.0 Å². The van der Waals surface area contributed by atoms with Gasteiger partial charge in [0.25, 0.3) is 0 Å². The van der Waals surface area contributed by atoms with Crippen molar-refractivity contribution in [2.45, 2.75) is 33.2 Å². The first-order valence-electron chi connectivity index (χ1n) is 6.89. The number of hydrogen-bond donors (Lipinski definition) is 1. The van der Waals surface area contributed by atoms with Crippen LogP contribution in [0.5, 0.6) is 0 Å². The van der Waals surface area contributed by atoms with E-state index in [-0.39, 0.29) is 5.97 Å². The van der Waals surface area contributed by atoms with Crippen molar-refractivity contribution in [3.05, 3.63) is 24.3 Å². The average molecular weight is 275 g/mol. The lowest BCUT2D eigenvalue weighted by Crippen LogP contribution is -2.21. The zero-order valence-corrected chi connectivity index (χ0v) is 12.2. The minimum absolute atomic E-state index is 0.277. The van der Waals surface area contributed by atoms with Crippen LogP contribution in [0.3, 0.4) is 0 Å². The van der Waals surface area contributed by atoms with Crippen LogP contribution in [0.1, 0.15) is 33.2 Å². The summed E-state index contributed by atoms with van der Waals surface area (Å²) in [6.45, 7) is 6.41. The van der Waals surface area contributed by atoms with Crippen LogP contribution in [0.15, 0.2) is 24.3 Å². The maximum atomic E-state index is 12.1. The standard InChI is InChI=1S/C15H21N3O2/c1-10(2)8-9-20-14(19)11(3)18-13-7-5-4-6-12(13)17-15(18)16/h4-7,10-11H,8-9H2,1-3H3,(H2,16,17). The largest absolute Gasteiger partial charge is 0.464 e. The number of rotatable bonds is 5. The van der Waals surface area contributed by atoms with Gasteiger partial charge in [0.2, 0.25) is 5.95 Å². The van der Waals surface area contributed by atoms with Crippen LogP contribution in [0.2, 0.25) is 0 Å². The van der Waals surface area contributed by atoms with Gasteiger partial charge in [0, 0.05) is 0 Å². The maximum absolute atomic E-state index is 12.1. The normalized spacial score (nSPS) is 12.8. The summed E-state index contributed by atoms with van der Waals surface area (Å²) in [5.41, 5.74) is 7.54. The van der Waals surface area contributed by atoms with Crippen molar-refractivity contribution in [2.24, 2.45) is 5.92 Å².